The highest BCUT2D eigenvalue weighted by Gasteiger charge is 2.31. The van der Waals surface area contributed by atoms with Crippen molar-refractivity contribution in [2.75, 3.05) is 18.5 Å². The number of hydrogen-bond acceptors (Lipinski definition) is 6. The summed E-state index contributed by atoms with van der Waals surface area (Å²) in [5.41, 5.74) is 0.861. The molecule has 1 aliphatic rings. The number of nitrogens with zero attached hydrogens (tertiary/aromatic N) is 4. The summed E-state index contributed by atoms with van der Waals surface area (Å²) in [7, 11) is 0. The molecule has 1 atom stereocenters. The molecule has 2 aromatic heterocycles. The number of amides is 1. The highest BCUT2D eigenvalue weighted by Crippen LogP contribution is 2.31. The minimum absolute atomic E-state index is 0.0259. The third kappa shape index (κ3) is 4.25. The number of anilines is 2. The van der Waals surface area contributed by atoms with Crippen LogP contribution in [0.2, 0.25) is 0 Å². The average Bonchev–Trinajstić information content (AvgIpc) is 3.24. The molecule has 1 saturated heterocycles. The molecule has 4 rings (SSSR count). The van der Waals surface area contributed by atoms with Crippen molar-refractivity contribution < 1.29 is 9.53 Å². The molecule has 28 heavy (non-hydrogen) atoms. The Morgan fingerprint density at radius 1 is 1.11 bits per heavy atom. The number of para-hydroxylation sites is 1. The number of aromatic nitrogens is 3. The Bertz CT molecular complexity index is 920. The zero-order valence-corrected chi connectivity index (χ0v) is 15.4. The second kappa shape index (κ2) is 8.47. The monoisotopic (exact) mass is 375 g/mol. The lowest BCUT2D eigenvalue weighted by molar-refractivity contribution is -0.134. The lowest BCUT2D eigenvalue weighted by atomic mass is 10.1. The summed E-state index contributed by atoms with van der Waals surface area (Å²) >= 11 is 0. The van der Waals surface area contributed by atoms with Gasteiger partial charge in [-0.05, 0) is 37.1 Å². The first-order valence-corrected chi connectivity index (χ1v) is 9.27. The van der Waals surface area contributed by atoms with Crippen LogP contribution in [0.4, 0.5) is 11.6 Å². The summed E-state index contributed by atoms with van der Waals surface area (Å²) < 4.78 is 5.63. The Hall–Kier alpha value is -3.48. The molecule has 7 nitrogen and oxygen atoms in total. The number of nitrogens with one attached hydrogen (secondary N) is 1. The zero-order chi connectivity index (χ0) is 19.2. The van der Waals surface area contributed by atoms with E-state index >= 15 is 0 Å². The molecule has 1 aromatic carbocycles. The summed E-state index contributed by atoms with van der Waals surface area (Å²) in [4.78, 5) is 27.5. The number of rotatable bonds is 6. The van der Waals surface area contributed by atoms with Crippen molar-refractivity contribution in [3.05, 3.63) is 72.8 Å². The van der Waals surface area contributed by atoms with Crippen LogP contribution in [0, 0.1) is 0 Å². The molecule has 0 bridgehead atoms. The standard InChI is InChI=1S/C21H21N5O2/c27-21(15-28-16-6-2-1-3-7-16)26-13-5-9-18(26)17-8-4-10-19(24-17)25-20-14-22-11-12-23-20/h1-4,6-8,10-12,14,18H,5,9,13,15H2,(H,23,24,25). The molecule has 142 valence electrons. The van der Waals surface area contributed by atoms with Gasteiger partial charge in [0.25, 0.3) is 5.91 Å². The van der Waals surface area contributed by atoms with Gasteiger partial charge in [-0.25, -0.2) is 9.97 Å². The van der Waals surface area contributed by atoms with Crippen LogP contribution in [-0.2, 0) is 4.79 Å². The number of hydrogen-bond donors (Lipinski definition) is 1. The van der Waals surface area contributed by atoms with Crippen molar-refractivity contribution in [2.45, 2.75) is 18.9 Å². The van der Waals surface area contributed by atoms with Gasteiger partial charge in [0.2, 0.25) is 0 Å². The van der Waals surface area contributed by atoms with Gasteiger partial charge in [-0.2, -0.15) is 0 Å². The van der Waals surface area contributed by atoms with Gasteiger partial charge in [0.1, 0.15) is 17.4 Å². The van der Waals surface area contributed by atoms with Crippen LogP contribution in [0.1, 0.15) is 24.6 Å². The normalized spacial score (nSPS) is 16.0. The maximum Gasteiger partial charge on any atom is 0.261 e. The fourth-order valence-electron chi connectivity index (χ4n) is 3.32. The topological polar surface area (TPSA) is 80.2 Å². The molecule has 0 aliphatic carbocycles. The van der Waals surface area contributed by atoms with Gasteiger partial charge in [0.05, 0.1) is 17.9 Å². The van der Waals surface area contributed by atoms with Crippen LogP contribution in [0.3, 0.4) is 0 Å². The van der Waals surface area contributed by atoms with E-state index in [4.69, 9.17) is 4.74 Å². The number of benzene rings is 1. The van der Waals surface area contributed by atoms with E-state index in [9.17, 15) is 4.79 Å². The molecule has 7 heteroatoms. The predicted molar refractivity (Wildman–Crippen MR) is 105 cm³/mol. The molecule has 1 fully saturated rings. The number of carbonyl (C=O) groups is 1. The zero-order valence-electron chi connectivity index (χ0n) is 15.4. The molecule has 3 heterocycles. The average molecular weight is 375 g/mol. The highest BCUT2D eigenvalue weighted by molar-refractivity contribution is 5.78. The number of carbonyl (C=O) groups excluding carboxylic acids is 1. The van der Waals surface area contributed by atoms with E-state index in [1.165, 1.54) is 0 Å². The first-order chi connectivity index (χ1) is 13.8. The Balaban J connectivity index is 1.44. The maximum atomic E-state index is 12.7. The minimum atomic E-state index is -0.0459. The molecule has 1 amide bonds. The molecular weight excluding hydrogens is 354 g/mol. The Labute approximate surface area is 163 Å². The van der Waals surface area contributed by atoms with Crippen LogP contribution < -0.4 is 10.1 Å². The summed E-state index contributed by atoms with van der Waals surface area (Å²) in [6, 6.07) is 15.1. The highest BCUT2D eigenvalue weighted by atomic mass is 16.5. The van der Waals surface area contributed by atoms with Crippen LogP contribution in [0.5, 0.6) is 5.75 Å². The lowest BCUT2D eigenvalue weighted by Crippen LogP contribution is -2.34. The Morgan fingerprint density at radius 2 is 2.00 bits per heavy atom. The van der Waals surface area contributed by atoms with E-state index in [0.717, 1.165) is 18.5 Å². The second-order valence-electron chi connectivity index (χ2n) is 6.51. The van der Waals surface area contributed by atoms with Gasteiger partial charge in [-0.3, -0.25) is 9.78 Å². The van der Waals surface area contributed by atoms with Crippen molar-refractivity contribution in [3.63, 3.8) is 0 Å². The van der Waals surface area contributed by atoms with E-state index in [1.807, 2.05) is 53.4 Å². The summed E-state index contributed by atoms with van der Waals surface area (Å²) in [5, 5.41) is 3.15. The third-order valence-corrected chi connectivity index (χ3v) is 4.61. The molecule has 0 radical (unpaired) electrons. The molecule has 1 N–H and O–H groups in total. The third-order valence-electron chi connectivity index (χ3n) is 4.61. The largest absolute Gasteiger partial charge is 0.484 e. The van der Waals surface area contributed by atoms with Crippen LogP contribution >= 0.6 is 0 Å². The SMILES string of the molecule is O=C(COc1ccccc1)N1CCCC1c1cccc(Nc2cnccn2)n1. The van der Waals surface area contributed by atoms with Crippen molar-refractivity contribution >= 4 is 17.5 Å². The van der Waals surface area contributed by atoms with E-state index in [-0.39, 0.29) is 18.6 Å². The van der Waals surface area contributed by atoms with Crippen molar-refractivity contribution in [1.29, 1.82) is 0 Å². The van der Waals surface area contributed by atoms with E-state index in [2.05, 4.69) is 20.3 Å². The van der Waals surface area contributed by atoms with Gasteiger partial charge in [-0.1, -0.05) is 24.3 Å². The van der Waals surface area contributed by atoms with E-state index in [0.29, 0.717) is 23.9 Å². The molecule has 0 spiro atoms. The molecular formula is C21H21N5O2. The molecule has 0 saturated carbocycles. The summed E-state index contributed by atoms with van der Waals surface area (Å²) in [6.45, 7) is 0.739. The Kier molecular flexibility index (Phi) is 5.42. The van der Waals surface area contributed by atoms with Gasteiger partial charge in [-0.15, -0.1) is 0 Å². The Morgan fingerprint density at radius 3 is 2.82 bits per heavy atom. The van der Waals surface area contributed by atoms with Crippen molar-refractivity contribution in [2.24, 2.45) is 0 Å². The van der Waals surface area contributed by atoms with E-state index < -0.39 is 0 Å². The molecule has 1 aliphatic heterocycles. The van der Waals surface area contributed by atoms with Crippen molar-refractivity contribution in [3.8, 4) is 5.75 Å². The van der Waals surface area contributed by atoms with Crippen LogP contribution in [0.25, 0.3) is 0 Å². The van der Waals surface area contributed by atoms with Gasteiger partial charge >= 0.3 is 0 Å². The quantitative estimate of drug-likeness (QED) is 0.712. The molecule has 1 unspecified atom stereocenters. The smallest absolute Gasteiger partial charge is 0.261 e. The minimum Gasteiger partial charge on any atom is -0.484 e. The van der Waals surface area contributed by atoms with E-state index in [1.54, 1.807) is 18.6 Å². The fraction of sp³-hybridized carbons (Fsp3) is 0.238. The lowest BCUT2D eigenvalue weighted by Gasteiger charge is -2.24. The number of ether oxygens (including phenoxy) is 1. The predicted octanol–water partition coefficient (Wildman–Crippen LogP) is 3.36. The maximum absolute atomic E-state index is 12.7. The first-order valence-electron chi connectivity index (χ1n) is 9.27. The number of likely N-dealkylation sites (tertiary alicyclic amines) is 1. The van der Waals surface area contributed by atoms with Gasteiger partial charge in [0.15, 0.2) is 6.61 Å². The van der Waals surface area contributed by atoms with Gasteiger partial charge < -0.3 is 15.0 Å². The van der Waals surface area contributed by atoms with Crippen molar-refractivity contribution in [1.82, 2.24) is 19.9 Å². The summed E-state index contributed by atoms with van der Waals surface area (Å²) in [6.07, 6.45) is 6.72. The van der Waals surface area contributed by atoms with Gasteiger partial charge in [0, 0.05) is 18.9 Å². The first kappa shape index (κ1) is 17.9. The van der Waals surface area contributed by atoms with Crippen LogP contribution in [-0.4, -0.2) is 38.9 Å². The fourth-order valence-corrected chi connectivity index (χ4v) is 3.32. The van der Waals surface area contributed by atoms with Crippen LogP contribution in [0.15, 0.2) is 67.1 Å². The summed E-state index contributed by atoms with van der Waals surface area (Å²) in [5.74, 6) is 1.97. The molecule has 3 aromatic rings. The second-order valence-corrected chi connectivity index (χ2v) is 6.51. The number of pyridine rings is 1.